The van der Waals surface area contributed by atoms with E-state index in [1.807, 2.05) is 0 Å². The Bertz CT molecular complexity index is 524. The fourth-order valence-corrected chi connectivity index (χ4v) is 2.65. The molecule has 116 valence electrons. The number of piperidine rings is 1. The van der Waals surface area contributed by atoms with Crippen LogP contribution in [0.4, 0.5) is 15.8 Å². The molecule has 1 saturated heterocycles. The summed E-state index contributed by atoms with van der Waals surface area (Å²) in [6.45, 7) is 3.91. The Morgan fingerprint density at radius 2 is 2.33 bits per heavy atom. The highest BCUT2D eigenvalue weighted by molar-refractivity contribution is 5.95. The lowest BCUT2D eigenvalue weighted by Gasteiger charge is -2.39. The number of carbonyl (C=O) groups is 1. The van der Waals surface area contributed by atoms with Gasteiger partial charge in [-0.05, 0) is 44.5 Å². The van der Waals surface area contributed by atoms with Crippen molar-refractivity contribution in [2.24, 2.45) is 0 Å². The summed E-state index contributed by atoms with van der Waals surface area (Å²) in [7, 11) is 1.70. The maximum absolute atomic E-state index is 13.0. The van der Waals surface area contributed by atoms with Crippen LogP contribution in [0.15, 0.2) is 18.2 Å². The minimum Gasteiger partial charge on any atom is -0.397 e. The second kappa shape index (κ2) is 6.41. The van der Waals surface area contributed by atoms with Gasteiger partial charge in [0.15, 0.2) is 0 Å². The molecule has 5 nitrogen and oxygen atoms in total. The van der Waals surface area contributed by atoms with Gasteiger partial charge in [-0.25, -0.2) is 4.39 Å². The molecule has 1 fully saturated rings. The van der Waals surface area contributed by atoms with Gasteiger partial charge in [-0.15, -0.1) is 0 Å². The number of benzene rings is 1. The number of anilines is 2. The van der Waals surface area contributed by atoms with Crippen LogP contribution >= 0.6 is 0 Å². The van der Waals surface area contributed by atoms with E-state index in [4.69, 9.17) is 10.5 Å². The molecule has 1 aliphatic rings. The van der Waals surface area contributed by atoms with E-state index >= 15 is 0 Å². The Hall–Kier alpha value is -1.66. The monoisotopic (exact) mass is 295 g/mol. The zero-order valence-corrected chi connectivity index (χ0v) is 12.5. The summed E-state index contributed by atoms with van der Waals surface area (Å²) in [5, 5.41) is 2.72. The molecule has 0 aliphatic carbocycles. The molecule has 1 aromatic carbocycles. The molecule has 21 heavy (non-hydrogen) atoms. The predicted molar refractivity (Wildman–Crippen MR) is 80.5 cm³/mol. The Labute approximate surface area is 124 Å². The maximum Gasteiger partial charge on any atom is 0.238 e. The molecule has 1 unspecified atom stereocenters. The number of nitrogens with zero attached hydrogens (tertiary/aromatic N) is 1. The van der Waals surface area contributed by atoms with Gasteiger partial charge < -0.3 is 15.8 Å². The number of hydrogen-bond acceptors (Lipinski definition) is 4. The zero-order chi connectivity index (χ0) is 15.5. The van der Waals surface area contributed by atoms with E-state index < -0.39 is 5.82 Å². The summed E-state index contributed by atoms with van der Waals surface area (Å²) in [6, 6.07) is 3.94. The lowest BCUT2D eigenvalue weighted by atomic mass is 9.95. The van der Waals surface area contributed by atoms with Crippen LogP contribution in [0.2, 0.25) is 0 Å². The molecular weight excluding hydrogens is 273 g/mol. The van der Waals surface area contributed by atoms with Crippen LogP contribution in [0.3, 0.4) is 0 Å². The van der Waals surface area contributed by atoms with E-state index in [1.54, 1.807) is 7.11 Å². The molecule has 0 bridgehead atoms. The summed E-state index contributed by atoms with van der Waals surface area (Å²) in [5.74, 6) is -0.578. The Balaban J connectivity index is 1.92. The van der Waals surface area contributed by atoms with Crippen molar-refractivity contribution in [2.45, 2.75) is 25.4 Å². The van der Waals surface area contributed by atoms with Crippen molar-refractivity contribution in [1.29, 1.82) is 0 Å². The number of halogens is 1. The highest BCUT2D eigenvalue weighted by atomic mass is 19.1. The minimum atomic E-state index is -0.419. The summed E-state index contributed by atoms with van der Waals surface area (Å²) < 4.78 is 18.5. The summed E-state index contributed by atoms with van der Waals surface area (Å²) >= 11 is 0. The quantitative estimate of drug-likeness (QED) is 0.832. The molecule has 1 atom stereocenters. The standard InChI is InChI=1S/C15H22FN3O2/c1-15(21-2)6-3-7-19(10-15)9-14(20)18-13-5-4-11(16)8-12(13)17/h4-5,8H,3,6-7,9-10,17H2,1-2H3,(H,18,20). The van der Waals surface area contributed by atoms with E-state index in [0.717, 1.165) is 25.9 Å². The molecule has 0 saturated carbocycles. The molecule has 0 aromatic heterocycles. The van der Waals surface area contributed by atoms with Crippen molar-refractivity contribution >= 4 is 17.3 Å². The van der Waals surface area contributed by atoms with Crippen molar-refractivity contribution < 1.29 is 13.9 Å². The molecule has 1 aliphatic heterocycles. The molecule has 1 heterocycles. The molecule has 6 heteroatoms. The van der Waals surface area contributed by atoms with Gasteiger partial charge in [-0.1, -0.05) is 0 Å². The van der Waals surface area contributed by atoms with E-state index in [-0.39, 0.29) is 23.7 Å². The Morgan fingerprint density at radius 1 is 1.57 bits per heavy atom. The van der Waals surface area contributed by atoms with Crippen molar-refractivity contribution in [3.8, 4) is 0 Å². The normalized spacial score (nSPS) is 23.0. The maximum atomic E-state index is 13.0. The number of nitrogen functional groups attached to an aromatic ring is 1. The SMILES string of the molecule is COC1(C)CCCN(CC(=O)Nc2ccc(F)cc2N)C1. The van der Waals surface area contributed by atoms with Gasteiger partial charge in [-0.2, -0.15) is 0 Å². The van der Waals surface area contributed by atoms with Crippen LogP contribution in [0.25, 0.3) is 0 Å². The van der Waals surface area contributed by atoms with E-state index in [0.29, 0.717) is 5.69 Å². The number of ether oxygens (including phenoxy) is 1. The van der Waals surface area contributed by atoms with Gasteiger partial charge in [0.05, 0.1) is 23.5 Å². The van der Waals surface area contributed by atoms with Gasteiger partial charge in [0.2, 0.25) is 5.91 Å². The minimum absolute atomic E-state index is 0.159. The number of likely N-dealkylation sites (tertiary alicyclic amines) is 1. The average molecular weight is 295 g/mol. The first-order chi connectivity index (χ1) is 9.92. The molecule has 1 aromatic rings. The molecular formula is C15H22FN3O2. The van der Waals surface area contributed by atoms with Crippen LogP contribution in [-0.4, -0.2) is 43.2 Å². The van der Waals surface area contributed by atoms with E-state index in [1.165, 1.54) is 18.2 Å². The average Bonchev–Trinajstić information content (AvgIpc) is 2.42. The smallest absolute Gasteiger partial charge is 0.238 e. The summed E-state index contributed by atoms with van der Waals surface area (Å²) in [5.41, 5.74) is 6.14. The van der Waals surface area contributed by atoms with Crippen molar-refractivity contribution in [1.82, 2.24) is 4.90 Å². The third-order valence-electron chi connectivity index (χ3n) is 3.89. The number of methoxy groups -OCH3 is 1. The predicted octanol–water partition coefficient (Wildman–Crippen LogP) is 1.85. The number of hydrogen-bond donors (Lipinski definition) is 2. The van der Waals surface area contributed by atoms with Crippen LogP contribution in [-0.2, 0) is 9.53 Å². The third kappa shape index (κ3) is 4.15. The fourth-order valence-electron chi connectivity index (χ4n) is 2.65. The number of amides is 1. The summed E-state index contributed by atoms with van der Waals surface area (Å²) in [6.07, 6.45) is 1.99. The molecule has 1 amide bonds. The molecule has 0 radical (unpaired) electrons. The summed E-state index contributed by atoms with van der Waals surface area (Å²) in [4.78, 5) is 14.1. The first-order valence-corrected chi connectivity index (χ1v) is 7.04. The Kier molecular flexibility index (Phi) is 4.80. The highest BCUT2D eigenvalue weighted by Gasteiger charge is 2.31. The fraction of sp³-hybridized carbons (Fsp3) is 0.533. The number of nitrogens with two attached hydrogens (primary N) is 1. The number of rotatable bonds is 4. The Morgan fingerprint density at radius 3 is 3.00 bits per heavy atom. The molecule has 2 rings (SSSR count). The van der Waals surface area contributed by atoms with Gasteiger partial charge in [-0.3, -0.25) is 9.69 Å². The van der Waals surface area contributed by atoms with Gasteiger partial charge in [0, 0.05) is 13.7 Å². The molecule has 0 spiro atoms. The van der Waals surface area contributed by atoms with Crippen molar-refractivity contribution in [3.05, 3.63) is 24.0 Å². The third-order valence-corrected chi connectivity index (χ3v) is 3.89. The van der Waals surface area contributed by atoms with Crippen molar-refractivity contribution in [3.63, 3.8) is 0 Å². The van der Waals surface area contributed by atoms with Crippen LogP contribution in [0.5, 0.6) is 0 Å². The van der Waals surface area contributed by atoms with Gasteiger partial charge in [0.1, 0.15) is 5.82 Å². The first kappa shape index (κ1) is 15.7. The number of carbonyl (C=O) groups excluding carboxylic acids is 1. The second-order valence-corrected chi connectivity index (χ2v) is 5.75. The van der Waals surface area contributed by atoms with Crippen LogP contribution in [0.1, 0.15) is 19.8 Å². The largest absolute Gasteiger partial charge is 0.397 e. The topological polar surface area (TPSA) is 67.6 Å². The second-order valence-electron chi connectivity index (χ2n) is 5.75. The van der Waals surface area contributed by atoms with Crippen LogP contribution < -0.4 is 11.1 Å². The van der Waals surface area contributed by atoms with Gasteiger partial charge >= 0.3 is 0 Å². The lowest BCUT2D eigenvalue weighted by molar-refractivity contribution is -0.119. The lowest BCUT2D eigenvalue weighted by Crippen LogP contribution is -2.49. The molecule has 3 N–H and O–H groups in total. The highest BCUT2D eigenvalue weighted by Crippen LogP contribution is 2.24. The van der Waals surface area contributed by atoms with E-state index in [2.05, 4.69) is 17.1 Å². The van der Waals surface area contributed by atoms with E-state index in [9.17, 15) is 9.18 Å². The first-order valence-electron chi connectivity index (χ1n) is 7.04. The van der Waals surface area contributed by atoms with Crippen molar-refractivity contribution in [2.75, 3.05) is 37.8 Å². The zero-order valence-electron chi connectivity index (χ0n) is 12.5. The van der Waals surface area contributed by atoms with Crippen LogP contribution in [0, 0.1) is 5.82 Å². The van der Waals surface area contributed by atoms with Gasteiger partial charge in [0.25, 0.3) is 0 Å². The number of nitrogens with one attached hydrogen (secondary N) is 1.